The average molecular weight is 221 g/mol. The molecule has 0 bridgehead atoms. The smallest absolute Gasteiger partial charge is 0.334 e. The molecule has 0 aromatic heterocycles. The Bertz CT molecular complexity index is 353. The van der Waals surface area contributed by atoms with Crippen LogP contribution >= 0.6 is 0 Å². The predicted octanol–water partition coefficient (Wildman–Crippen LogP) is 0.972. The van der Waals surface area contributed by atoms with E-state index in [-0.39, 0.29) is 0 Å². The number of hydrogen-bond acceptors (Lipinski definition) is 3. The molecular weight excluding hydrogens is 206 g/mol. The number of rotatable bonds is 3. The minimum atomic E-state index is -0.877. The van der Waals surface area contributed by atoms with Crippen molar-refractivity contribution < 1.29 is 14.6 Å². The quantitative estimate of drug-likeness (QED) is 0.826. The van der Waals surface area contributed by atoms with Crippen molar-refractivity contribution >= 4 is 5.97 Å². The summed E-state index contributed by atoms with van der Waals surface area (Å²) in [6.45, 7) is 2.53. The average Bonchev–Trinajstić information content (AvgIpc) is 2.30. The topological polar surface area (TPSA) is 49.8 Å². The van der Waals surface area contributed by atoms with Crippen LogP contribution in [0.25, 0.3) is 0 Å². The van der Waals surface area contributed by atoms with Crippen molar-refractivity contribution in [1.29, 1.82) is 0 Å². The second kappa shape index (κ2) is 5.09. The van der Waals surface area contributed by atoms with Crippen LogP contribution in [0.5, 0.6) is 0 Å². The van der Waals surface area contributed by atoms with Crippen molar-refractivity contribution in [2.75, 3.05) is 19.7 Å². The summed E-state index contributed by atoms with van der Waals surface area (Å²) in [6.07, 6.45) is -0.683. The number of carboxylic acids is 1. The molecule has 1 atom stereocenters. The van der Waals surface area contributed by atoms with Gasteiger partial charge in [0, 0.05) is 19.6 Å². The maximum atomic E-state index is 10.8. The van der Waals surface area contributed by atoms with Crippen LogP contribution in [0.15, 0.2) is 30.3 Å². The van der Waals surface area contributed by atoms with Gasteiger partial charge in [-0.25, -0.2) is 4.79 Å². The van der Waals surface area contributed by atoms with Crippen molar-refractivity contribution in [2.24, 2.45) is 0 Å². The molecule has 1 aliphatic heterocycles. The first-order chi connectivity index (χ1) is 7.75. The molecule has 0 aliphatic carbocycles. The van der Waals surface area contributed by atoms with Crippen LogP contribution < -0.4 is 0 Å². The largest absolute Gasteiger partial charge is 0.479 e. The van der Waals surface area contributed by atoms with Gasteiger partial charge in [-0.1, -0.05) is 30.3 Å². The van der Waals surface area contributed by atoms with E-state index in [0.29, 0.717) is 13.2 Å². The highest BCUT2D eigenvalue weighted by Gasteiger charge is 2.25. The van der Waals surface area contributed by atoms with Crippen molar-refractivity contribution in [1.82, 2.24) is 4.90 Å². The van der Waals surface area contributed by atoms with Gasteiger partial charge < -0.3 is 9.84 Å². The zero-order valence-corrected chi connectivity index (χ0v) is 9.00. The zero-order chi connectivity index (χ0) is 11.4. The normalized spacial score (nSPS) is 21.9. The summed E-state index contributed by atoms with van der Waals surface area (Å²) in [6, 6.07) is 10.0. The molecule has 2 rings (SSSR count). The van der Waals surface area contributed by atoms with E-state index in [0.717, 1.165) is 13.1 Å². The second-order valence-electron chi connectivity index (χ2n) is 3.92. The minimum absolute atomic E-state index is 0.463. The molecule has 16 heavy (non-hydrogen) atoms. The standard InChI is InChI=1S/C12H15NO3/c14-12(15)11-9-13(6-7-16-11)8-10-4-2-1-3-5-10/h1-5,11H,6-9H2,(H,14,15)/t11-/m1/s1. The minimum Gasteiger partial charge on any atom is -0.479 e. The Labute approximate surface area is 94.4 Å². The van der Waals surface area contributed by atoms with Crippen LogP contribution in [0, 0.1) is 0 Å². The van der Waals surface area contributed by atoms with Gasteiger partial charge in [0.1, 0.15) is 0 Å². The van der Waals surface area contributed by atoms with E-state index in [4.69, 9.17) is 9.84 Å². The third-order valence-corrected chi connectivity index (χ3v) is 2.68. The fraction of sp³-hybridized carbons (Fsp3) is 0.417. The molecule has 4 nitrogen and oxygen atoms in total. The Morgan fingerprint density at radius 1 is 1.44 bits per heavy atom. The summed E-state index contributed by atoms with van der Waals surface area (Å²) >= 11 is 0. The van der Waals surface area contributed by atoms with Gasteiger partial charge in [0.25, 0.3) is 0 Å². The number of aliphatic carboxylic acids is 1. The van der Waals surface area contributed by atoms with Gasteiger partial charge in [-0.15, -0.1) is 0 Å². The van der Waals surface area contributed by atoms with Crippen molar-refractivity contribution in [2.45, 2.75) is 12.6 Å². The van der Waals surface area contributed by atoms with E-state index in [1.807, 2.05) is 30.3 Å². The Kier molecular flexibility index (Phi) is 3.54. The number of carbonyl (C=O) groups is 1. The third kappa shape index (κ3) is 2.81. The Morgan fingerprint density at radius 2 is 2.19 bits per heavy atom. The summed E-state index contributed by atoms with van der Waals surface area (Å²) in [7, 11) is 0. The van der Waals surface area contributed by atoms with Crippen molar-refractivity contribution in [3.63, 3.8) is 0 Å². The first kappa shape index (κ1) is 11.1. The van der Waals surface area contributed by atoms with E-state index < -0.39 is 12.1 Å². The molecule has 1 aromatic rings. The van der Waals surface area contributed by atoms with E-state index in [1.165, 1.54) is 5.56 Å². The number of hydrogen-bond donors (Lipinski definition) is 1. The summed E-state index contributed by atoms with van der Waals surface area (Å²) in [4.78, 5) is 12.9. The van der Waals surface area contributed by atoms with Gasteiger partial charge in [-0.2, -0.15) is 0 Å². The summed E-state index contributed by atoms with van der Waals surface area (Å²) in [5.74, 6) is -0.877. The number of morpholine rings is 1. The van der Waals surface area contributed by atoms with E-state index in [9.17, 15) is 4.79 Å². The van der Waals surface area contributed by atoms with Gasteiger partial charge in [0.2, 0.25) is 0 Å². The fourth-order valence-corrected chi connectivity index (χ4v) is 1.84. The van der Waals surface area contributed by atoms with Gasteiger partial charge >= 0.3 is 5.97 Å². The van der Waals surface area contributed by atoms with Crippen LogP contribution in [0.1, 0.15) is 5.56 Å². The molecule has 0 amide bonds. The summed E-state index contributed by atoms with van der Waals surface area (Å²) in [5.41, 5.74) is 1.20. The lowest BCUT2D eigenvalue weighted by molar-refractivity contribution is -0.156. The van der Waals surface area contributed by atoms with E-state index >= 15 is 0 Å². The molecule has 0 unspecified atom stereocenters. The van der Waals surface area contributed by atoms with Gasteiger partial charge in [0.15, 0.2) is 6.10 Å². The Balaban J connectivity index is 1.93. The monoisotopic (exact) mass is 221 g/mol. The third-order valence-electron chi connectivity index (χ3n) is 2.68. The van der Waals surface area contributed by atoms with Crippen molar-refractivity contribution in [3.05, 3.63) is 35.9 Å². The molecular formula is C12H15NO3. The Morgan fingerprint density at radius 3 is 2.88 bits per heavy atom. The number of benzene rings is 1. The highest BCUT2D eigenvalue weighted by atomic mass is 16.5. The van der Waals surface area contributed by atoms with Crippen LogP contribution in [-0.2, 0) is 16.1 Å². The lowest BCUT2D eigenvalue weighted by Crippen LogP contribution is -2.45. The van der Waals surface area contributed by atoms with E-state index in [2.05, 4.69) is 4.90 Å². The van der Waals surface area contributed by atoms with Gasteiger partial charge in [-0.05, 0) is 5.56 Å². The number of ether oxygens (including phenoxy) is 1. The molecule has 1 aliphatic rings. The van der Waals surface area contributed by atoms with Gasteiger partial charge in [-0.3, -0.25) is 4.90 Å². The molecule has 1 N–H and O–H groups in total. The molecule has 0 radical (unpaired) electrons. The molecule has 1 saturated heterocycles. The maximum Gasteiger partial charge on any atom is 0.334 e. The van der Waals surface area contributed by atoms with Crippen LogP contribution in [0.4, 0.5) is 0 Å². The molecule has 0 spiro atoms. The van der Waals surface area contributed by atoms with Crippen molar-refractivity contribution in [3.8, 4) is 0 Å². The molecule has 4 heteroatoms. The lowest BCUT2D eigenvalue weighted by Gasteiger charge is -2.30. The number of carboxylic acid groups (broad SMARTS) is 1. The van der Waals surface area contributed by atoms with Crippen LogP contribution in [0.3, 0.4) is 0 Å². The molecule has 1 heterocycles. The van der Waals surface area contributed by atoms with Crippen LogP contribution in [0.2, 0.25) is 0 Å². The first-order valence-corrected chi connectivity index (χ1v) is 5.36. The predicted molar refractivity (Wildman–Crippen MR) is 59.1 cm³/mol. The molecule has 1 fully saturated rings. The lowest BCUT2D eigenvalue weighted by atomic mass is 10.2. The zero-order valence-electron chi connectivity index (χ0n) is 9.00. The molecule has 86 valence electrons. The fourth-order valence-electron chi connectivity index (χ4n) is 1.84. The SMILES string of the molecule is O=C(O)[C@H]1CN(Cc2ccccc2)CCO1. The first-order valence-electron chi connectivity index (χ1n) is 5.36. The second-order valence-corrected chi connectivity index (χ2v) is 3.92. The summed E-state index contributed by atoms with van der Waals surface area (Å²) in [5, 5.41) is 8.87. The van der Waals surface area contributed by atoms with Crippen LogP contribution in [-0.4, -0.2) is 41.8 Å². The molecule has 1 aromatic carbocycles. The number of nitrogens with zero attached hydrogens (tertiary/aromatic N) is 1. The maximum absolute atomic E-state index is 10.8. The Hall–Kier alpha value is -1.39. The van der Waals surface area contributed by atoms with E-state index in [1.54, 1.807) is 0 Å². The molecule has 0 saturated carbocycles. The highest BCUT2D eigenvalue weighted by molar-refractivity contribution is 5.72. The highest BCUT2D eigenvalue weighted by Crippen LogP contribution is 2.10. The van der Waals surface area contributed by atoms with Gasteiger partial charge in [0.05, 0.1) is 6.61 Å². The summed E-state index contributed by atoms with van der Waals surface area (Å²) < 4.78 is 5.17.